The van der Waals surface area contributed by atoms with Crippen LogP contribution in [0.1, 0.15) is 0 Å². The largest absolute Gasteiger partial charge is 0.397 e. The number of rotatable bonds is 1. The molecule has 2 rings (SSSR count). The SMILES string of the molecule is Cn1cnnc1-c1cc(Br)cc(Br)c1N. The van der Waals surface area contributed by atoms with Crippen LogP contribution in [-0.4, -0.2) is 14.8 Å². The van der Waals surface area contributed by atoms with Crippen LogP contribution < -0.4 is 5.73 Å². The number of aryl methyl sites for hydroxylation is 1. The summed E-state index contributed by atoms with van der Waals surface area (Å²) in [6, 6.07) is 3.82. The fourth-order valence-electron chi connectivity index (χ4n) is 1.30. The highest BCUT2D eigenvalue weighted by Gasteiger charge is 2.11. The van der Waals surface area contributed by atoms with E-state index in [9.17, 15) is 0 Å². The molecular formula is C9H8Br2N4. The number of halogens is 2. The highest BCUT2D eigenvalue weighted by atomic mass is 79.9. The van der Waals surface area contributed by atoms with Crippen LogP contribution in [0.15, 0.2) is 27.4 Å². The van der Waals surface area contributed by atoms with E-state index < -0.39 is 0 Å². The smallest absolute Gasteiger partial charge is 0.165 e. The Labute approximate surface area is 104 Å². The van der Waals surface area contributed by atoms with Crippen molar-refractivity contribution >= 4 is 37.5 Å². The van der Waals surface area contributed by atoms with Gasteiger partial charge in [0.15, 0.2) is 5.82 Å². The van der Waals surface area contributed by atoms with Gasteiger partial charge in [-0.1, -0.05) is 15.9 Å². The first-order chi connectivity index (χ1) is 7.09. The number of nitrogen functional groups attached to an aromatic ring is 1. The minimum absolute atomic E-state index is 0.661. The maximum absolute atomic E-state index is 5.96. The molecule has 1 aromatic heterocycles. The van der Waals surface area contributed by atoms with E-state index in [1.807, 2.05) is 23.7 Å². The fraction of sp³-hybridized carbons (Fsp3) is 0.111. The molecule has 0 atom stereocenters. The molecule has 15 heavy (non-hydrogen) atoms. The van der Waals surface area contributed by atoms with Crippen LogP contribution in [0.2, 0.25) is 0 Å². The highest BCUT2D eigenvalue weighted by molar-refractivity contribution is 9.11. The molecule has 2 aromatic rings. The number of hydrogen-bond acceptors (Lipinski definition) is 3. The monoisotopic (exact) mass is 330 g/mol. The summed E-state index contributed by atoms with van der Waals surface area (Å²) in [6.45, 7) is 0. The van der Waals surface area contributed by atoms with Crippen molar-refractivity contribution in [2.75, 3.05) is 5.73 Å². The van der Waals surface area contributed by atoms with Gasteiger partial charge in [0.25, 0.3) is 0 Å². The summed E-state index contributed by atoms with van der Waals surface area (Å²) < 4.78 is 3.61. The lowest BCUT2D eigenvalue weighted by molar-refractivity contribution is 0.920. The number of hydrogen-bond donors (Lipinski definition) is 1. The molecule has 0 saturated heterocycles. The van der Waals surface area contributed by atoms with Gasteiger partial charge in [0.2, 0.25) is 0 Å². The van der Waals surface area contributed by atoms with Crippen molar-refractivity contribution in [3.63, 3.8) is 0 Å². The molecule has 78 valence electrons. The summed E-state index contributed by atoms with van der Waals surface area (Å²) in [6.07, 6.45) is 1.64. The molecule has 0 aliphatic heterocycles. The van der Waals surface area contributed by atoms with Crippen molar-refractivity contribution in [3.8, 4) is 11.4 Å². The van der Waals surface area contributed by atoms with Crippen LogP contribution in [0.25, 0.3) is 11.4 Å². The van der Waals surface area contributed by atoms with E-state index in [4.69, 9.17) is 5.73 Å². The van der Waals surface area contributed by atoms with Crippen molar-refractivity contribution in [2.45, 2.75) is 0 Å². The van der Waals surface area contributed by atoms with Gasteiger partial charge in [0.05, 0.1) is 5.69 Å². The lowest BCUT2D eigenvalue weighted by Crippen LogP contribution is -1.97. The quantitative estimate of drug-likeness (QED) is 0.817. The first kappa shape index (κ1) is 10.6. The second-order valence-corrected chi connectivity index (χ2v) is 4.88. The van der Waals surface area contributed by atoms with E-state index in [1.165, 1.54) is 0 Å². The average molecular weight is 332 g/mol. The Morgan fingerprint density at radius 2 is 2.07 bits per heavy atom. The number of nitrogens with zero attached hydrogens (tertiary/aromatic N) is 3. The molecule has 0 spiro atoms. The van der Waals surface area contributed by atoms with Gasteiger partial charge >= 0.3 is 0 Å². The average Bonchev–Trinajstić information content (AvgIpc) is 2.58. The molecule has 1 aromatic carbocycles. The Hall–Kier alpha value is -0.880. The summed E-state index contributed by atoms with van der Waals surface area (Å²) in [5.41, 5.74) is 7.48. The number of aromatic nitrogens is 3. The molecule has 0 aliphatic carbocycles. The fourth-order valence-corrected chi connectivity index (χ4v) is 2.52. The van der Waals surface area contributed by atoms with E-state index in [1.54, 1.807) is 6.33 Å². The normalized spacial score (nSPS) is 10.6. The number of anilines is 1. The third-order valence-electron chi connectivity index (χ3n) is 2.05. The third-order valence-corrected chi connectivity index (χ3v) is 3.16. The minimum atomic E-state index is 0.661. The van der Waals surface area contributed by atoms with E-state index in [-0.39, 0.29) is 0 Å². The first-order valence-corrected chi connectivity index (χ1v) is 5.77. The van der Waals surface area contributed by atoms with Crippen LogP contribution in [0, 0.1) is 0 Å². The minimum Gasteiger partial charge on any atom is -0.397 e. The van der Waals surface area contributed by atoms with Crippen molar-refractivity contribution in [1.29, 1.82) is 0 Å². The van der Waals surface area contributed by atoms with Gasteiger partial charge in [-0.15, -0.1) is 10.2 Å². The van der Waals surface area contributed by atoms with Gasteiger partial charge in [0.1, 0.15) is 6.33 Å². The predicted octanol–water partition coefficient (Wildman–Crippen LogP) is 2.59. The Bertz CT molecular complexity index is 507. The van der Waals surface area contributed by atoms with Crippen molar-refractivity contribution in [2.24, 2.45) is 7.05 Å². The second-order valence-electron chi connectivity index (χ2n) is 3.11. The zero-order chi connectivity index (χ0) is 11.0. The lowest BCUT2D eigenvalue weighted by atomic mass is 10.2. The Morgan fingerprint density at radius 1 is 1.33 bits per heavy atom. The second kappa shape index (κ2) is 3.94. The Kier molecular flexibility index (Phi) is 2.79. The third kappa shape index (κ3) is 1.91. The summed E-state index contributed by atoms with van der Waals surface area (Å²) in [7, 11) is 1.88. The van der Waals surface area contributed by atoms with Gasteiger partial charge < -0.3 is 10.3 Å². The standard InChI is InChI=1S/C9H8Br2N4/c1-15-4-13-14-9(15)6-2-5(10)3-7(11)8(6)12/h2-4H,12H2,1H3. The Balaban J connectivity index is 2.68. The van der Waals surface area contributed by atoms with Crippen LogP contribution in [0.5, 0.6) is 0 Å². The zero-order valence-electron chi connectivity index (χ0n) is 7.91. The molecule has 0 bridgehead atoms. The van der Waals surface area contributed by atoms with Crippen molar-refractivity contribution in [1.82, 2.24) is 14.8 Å². The van der Waals surface area contributed by atoms with Gasteiger partial charge in [-0.25, -0.2) is 0 Å². The molecular weight excluding hydrogens is 324 g/mol. The van der Waals surface area contributed by atoms with Crippen LogP contribution in [-0.2, 0) is 7.05 Å². The van der Waals surface area contributed by atoms with E-state index >= 15 is 0 Å². The summed E-state index contributed by atoms with van der Waals surface area (Å²) in [5, 5.41) is 7.85. The molecule has 0 fully saturated rings. The maximum Gasteiger partial charge on any atom is 0.165 e. The van der Waals surface area contributed by atoms with E-state index in [0.29, 0.717) is 5.69 Å². The van der Waals surface area contributed by atoms with Gasteiger partial charge in [-0.3, -0.25) is 0 Å². The van der Waals surface area contributed by atoms with Crippen molar-refractivity contribution in [3.05, 3.63) is 27.4 Å². The Morgan fingerprint density at radius 3 is 2.67 bits per heavy atom. The summed E-state index contributed by atoms with van der Waals surface area (Å²) >= 11 is 6.81. The van der Waals surface area contributed by atoms with Gasteiger partial charge in [-0.2, -0.15) is 0 Å². The molecule has 0 radical (unpaired) electrons. The number of benzene rings is 1. The molecule has 1 heterocycles. The van der Waals surface area contributed by atoms with Gasteiger partial charge in [-0.05, 0) is 28.1 Å². The molecule has 6 heteroatoms. The number of nitrogens with two attached hydrogens (primary N) is 1. The molecule has 0 amide bonds. The van der Waals surface area contributed by atoms with Crippen LogP contribution in [0.3, 0.4) is 0 Å². The molecule has 2 N–H and O–H groups in total. The topological polar surface area (TPSA) is 56.7 Å². The van der Waals surface area contributed by atoms with E-state index in [2.05, 4.69) is 42.1 Å². The molecule has 0 unspecified atom stereocenters. The molecule has 0 aliphatic rings. The summed E-state index contributed by atoms with van der Waals surface area (Å²) in [5.74, 6) is 0.745. The first-order valence-electron chi connectivity index (χ1n) is 4.18. The van der Waals surface area contributed by atoms with Crippen LogP contribution >= 0.6 is 31.9 Å². The van der Waals surface area contributed by atoms with Crippen molar-refractivity contribution < 1.29 is 0 Å². The predicted molar refractivity (Wildman–Crippen MR) is 66.3 cm³/mol. The maximum atomic E-state index is 5.96. The molecule has 0 saturated carbocycles. The van der Waals surface area contributed by atoms with E-state index in [0.717, 1.165) is 20.3 Å². The molecule has 4 nitrogen and oxygen atoms in total. The van der Waals surface area contributed by atoms with Crippen LogP contribution in [0.4, 0.5) is 5.69 Å². The highest BCUT2D eigenvalue weighted by Crippen LogP contribution is 2.33. The summed E-state index contributed by atoms with van der Waals surface area (Å²) in [4.78, 5) is 0. The van der Waals surface area contributed by atoms with Gasteiger partial charge in [0, 0.05) is 21.6 Å². The lowest BCUT2D eigenvalue weighted by Gasteiger charge is -2.07. The zero-order valence-corrected chi connectivity index (χ0v) is 11.1.